The highest BCUT2D eigenvalue weighted by Crippen LogP contribution is 2.46. The Labute approximate surface area is 208 Å². The molecule has 7 nitrogen and oxygen atoms in total. The van der Waals surface area contributed by atoms with Gasteiger partial charge in [-0.3, -0.25) is 4.79 Å². The van der Waals surface area contributed by atoms with Crippen LogP contribution in [0.25, 0.3) is 11.1 Å². The summed E-state index contributed by atoms with van der Waals surface area (Å²) in [5.74, 6) is 0.591. The normalized spacial score (nSPS) is 18.2. The van der Waals surface area contributed by atoms with E-state index in [1.165, 1.54) is 12.1 Å². The summed E-state index contributed by atoms with van der Waals surface area (Å²) in [6.07, 6.45) is -2.49. The first-order valence-electron chi connectivity index (χ1n) is 12.0. The standard InChI is InChI=1S/C26H29F3N4O3/c1-16-15-32(11-12-33(16)22(34)10-13-35-3)25-21(14-30)17(2)23(24(31-25)19-4-5-19)18-6-8-20(9-7-18)36-26(27,28)29/h6-9,16,19H,4-5,10-13,15H2,1-3H3/t16-/m1/s1. The quantitative estimate of drug-likeness (QED) is 0.542. The number of rotatable bonds is 7. The predicted molar refractivity (Wildman–Crippen MR) is 128 cm³/mol. The molecule has 0 N–H and O–H groups in total. The first-order chi connectivity index (χ1) is 17.1. The number of nitriles is 1. The lowest BCUT2D eigenvalue weighted by Gasteiger charge is -2.41. The van der Waals surface area contributed by atoms with Gasteiger partial charge in [-0.05, 0) is 49.9 Å². The Morgan fingerprint density at radius 3 is 2.47 bits per heavy atom. The van der Waals surface area contributed by atoms with Crippen LogP contribution in [0.3, 0.4) is 0 Å². The Kier molecular flexibility index (Phi) is 7.41. The number of methoxy groups -OCH3 is 1. The predicted octanol–water partition coefficient (Wildman–Crippen LogP) is 4.78. The number of pyridine rings is 1. The molecule has 1 aliphatic heterocycles. The average Bonchev–Trinajstić information content (AvgIpc) is 3.67. The lowest BCUT2D eigenvalue weighted by atomic mass is 9.93. The van der Waals surface area contributed by atoms with Crippen molar-refractivity contribution in [3.05, 3.63) is 41.1 Å². The molecule has 2 aromatic rings. The van der Waals surface area contributed by atoms with Crippen molar-refractivity contribution in [1.29, 1.82) is 5.26 Å². The first kappa shape index (κ1) is 25.8. The zero-order chi connectivity index (χ0) is 26.0. The van der Waals surface area contributed by atoms with Crippen LogP contribution < -0.4 is 9.64 Å². The van der Waals surface area contributed by atoms with Crippen LogP contribution in [0.1, 0.15) is 48.9 Å². The Hall–Kier alpha value is -3.32. The SMILES string of the molecule is COCCC(=O)N1CCN(c2nc(C3CC3)c(-c3ccc(OC(F)(F)F)cc3)c(C)c2C#N)C[C@H]1C. The van der Waals surface area contributed by atoms with Crippen LogP contribution in [0, 0.1) is 18.3 Å². The molecule has 1 aliphatic carbocycles. The van der Waals surface area contributed by atoms with Crippen molar-refractivity contribution in [2.45, 2.75) is 51.4 Å². The molecule has 2 fully saturated rings. The topological polar surface area (TPSA) is 78.7 Å². The second-order valence-electron chi connectivity index (χ2n) is 9.28. The average molecular weight is 503 g/mol. The Morgan fingerprint density at radius 2 is 1.92 bits per heavy atom. The van der Waals surface area contributed by atoms with Gasteiger partial charge < -0.3 is 19.3 Å². The Bertz CT molecular complexity index is 1160. The van der Waals surface area contributed by atoms with E-state index in [0.717, 1.165) is 29.7 Å². The molecule has 0 spiro atoms. The van der Waals surface area contributed by atoms with Gasteiger partial charge in [0, 0.05) is 44.3 Å². The summed E-state index contributed by atoms with van der Waals surface area (Å²) in [6, 6.07) is 7.95. The second-order valence-corrected chi connectivity index (χ2v) is 9.28. The number of nitrogens with zero attached hydrogens (tertiary/aromatic N) is 4. The van der Waals surface area contributed by atoms with E-state index < -0.39 is 6.36 Å². The summed E-state index contributed by atoms with van der Waals surface area (Å²) in [4.78, 5) is 21.4. The van der Waals surface area contributed by atoms with Crippen LogP contribution in [0.15, 0.2) is 24.3 Å². The van der Waals surface area contributed by atoms with Crippen molar-refractivity contribution >= 4 is 11.7 Å². The van der Waals surface area contributed by atoms with Gasteiger partial charge in [-0.15, -0.1) is 13.2 Å². The van der Waals surface area contributed by atoms with Gasteiger partial charge >= 0.3 is 6.36 Å². The molecule has 1 amide bonds. The van der Waals surface area contributed by atoms with Crippen molar-refractivity contribution in [3.8, 4) is 22.9 Å². The van der Waals surface area contributed by atoms with Crippen LogP contribution in [0.5, 0.6) is 5.75 Å². The largest absolute Gasteiger partial charge is 0.573 e. The number of hydrogen-bond donors (Lipinski definition) is 0. The molecule has 2 aliphatic rings. The molecule has 10 heteroatoms. The fraction of sp³-hybridized carbons (Fsp3) is 0.500. The third kappa shape index (κ3) is 5.57. The third-order valence-corrected chi connectivity index (χ3v) is 6.68. The van der Waals surface area contributed by atoms with Crippen LogP contribution >= 0.6 is 0 Å². The van der Waals surface area contributed by atoms with Gasteiger partial charge in [0.25, 0.3) is 0 Å². The molecule has 192 valence electrons. The number of piperazine rings is 1. The van der Waals surface area contributed by atoms with Crippen molar-refractivity contribution in [1.82, 2.24) is 9.88 Å². The van der Waals surface area contributed by atoms with Gasteiger partial charge in [0.2, 0.25) is 5.91 Å². The minimum absolute atomic E-state index is 0.0422. The summed E-state index contributed by atoms with van der Waals surface area (Å²) in [6.45, 7) is 5.84. The zero-order valence-electron chi connectivity index (χ0n) is 20.6. The van der Waals surface area contributed by atoms with Gasteiger partial charge in [-0.25, -0.2) is 4.98 Å². The van der Waals surface area contributed by atoms with E-state index in [-0.39, 0.29) is 23.6 Å². The van der Waals surface area contributed by atoms with E-state index in [9.17, 15) is 23.2 Å². The molecule has 2 heterocycles. The first-order valence-corrected chi connectivity index (χ1v) is 12.0. The number of carbonyl (C=O) groups is 1. The van der Waals surface area contributed by atoms with Crippen LogP contribution in [0.2, 0.25) is 0 Å². The van der Waals surface area contributed by atoms with Crippen molar-refractivity contribution in [3.63, 3.8) is 0 Å². The molecule has 0 unspecified atom stereocenters. The molecule has 1 atom stereocenters. The van der Waals surface area contributed by atoms with Crippen LogP contribution in [-0.2, 0) is 9.53 Å². The van der Waals surface area contributed by atoms with Gasteiger partial charge in [-0.2, -0.15) is 5.26 Å². The van der Waals surface area contributed by atoms with E-state index in [2.05, 4.69) is 15.7 Å². The number of aromatic nitrogens is 1. The van der Waals surface area contributed by atoms with Gasteiger partial charge in [-0.1, -0.05) is 12.1 Å². The van der Waals surface area contributed by atoms with E-state index in [1.54, 1.807) is 19.2 Å². The highest BCUT2D eigenvalue weighted by Gasteiger charge is 2.35. The Morgan fingerprint density at radius 1 is 1.22 bits per heavy atom. The monoisotopic (exact) mass is 502 g/mol. The van der Waals surface area contributed by atoms with E-state index in [4.69, 9.17) is 9.72 Å². The Balaban J connectivity index is 1.65. The number of alkyl halides is 3. The molecule has 1 aromatic heterocycles. The number of ether oxygens (including phenoxy) is 2. The maximum absolute atomic E-state index is 12.6. The molecule has 0 radical (unpaired) electrons. The summed E-state index contributed by atoms with van der Waals surface area (Å²) in [7, 11) is 1.57. The van der Waals surface area contributed by atoms with Crippen molar-refractivity contribution in [2.24, 2.45) is 0 Å². The summed E-state index contributed by atoms with van der Waals surface area (Å²) in [5.41, 5.74) is 3.54. The highest BCUT2D eigenvalue weighted by molar-refractivity contribution is 5.79. The number of carbonyl (C=O) groups excluding carboxylic acids is 1. The summed E-state index contributed by atoms with van der Waals surface area (Å²) >= 11 is 0. The van der Waals surface area contributed by atoms with Crippen LogP contribution in [-0.4, -0.2) is 61.5 Å². The number of amides is 1. The number of anilines is 1. The smallest absolute Gasteiger partial charge is 0.406 e. The van der Waals surface area contributed by atoms with Gasteiger partial charge in [0.15, 0.2) is 0 Å². The maximum Gasteiger partial charge on any atom is 0.573 e. The molecule has 36 heavy (non-hydrogen) atoms. The molecule has 0 bridgehead atoms. The van der Waals surface area contributed by atoms with Crippen molar-refractivity contribution < 1.29 is 27.4 Å². The number of benzene rings is 1. The third-order valence-electron chi connectivity index (χ3n) is 6.68. The minimum atomic E-state index is -4.76. The lowest BCUT2D eigenvalue weighted by Crippen LogP contribution is -2.54. The van der Waals surface area contributed by atoms with E-state index >= 15 is 0 Å². The van der Waals surface area contributed by atoms with Gasteiger partial charge in [0.1, 0.15) is 17.6 Å². The van der Waals surface area contributed by atoms with E-state index in [1.807, 2.05) is 18.7 Å². The minimum Gasteiger partial charge on any atom is -0.406 e. The molecule has 1 saturated carbocycles. The van der Waals surface area contributed by atoms with E-state index in [0.29, 0.717) is 49.6 Å². The maximum atomic E-state index is 12.6. The summed E-state index contributed by atoms with van der Waals surface area (Å²) in [5, 5.41) is 10.1. The summed E-state index contributed by atoms with van der Waals surface area (Å²) < 4.78 is 46.8. The molecule has 4 rings (SSSR count). The zero-order valence-corrected chi connectivity index (χ0v) is 20.6. The molecular formula is C26H29F3N4O3. The number of halogens is 3. The van der Waals surface area contributed by atoms with Gasteiger partial charge in [0.05, 0.1) is 24.3 Å². The second kappa shape index (κ2) is 10.3. The van der Waals surface area contributed by atoms with Crippen LogP contribution in [0.4, 0.5) is 19.0 Å². The molecule has 1 saturated heterocycles. The lowest BCUT2D eigenvalue weighted by molar-refractivity contribution is -0.274. The molecule has 1 aromatic carbocycles. The fourth-order valence-electron chi connectivity index (χ4n) is 4.77. The number of hydrogen-bond acceptors (Lipinski definition) is 6. The fourth-order valence-corrected chi connectivity index (χ4v) is 4.77. The van der Waals surface area contributed by atoms with Crippen molar-refractivity contribution in [2.75, 3.05) is 38.3 Å². The molecular weight excluding hydrogens is 473 g/mol. The highest BCUT2D eigenvalue weighted by atomic mass is 19.4.